The van der Waals surface area contributed by atoms with Crippen LogP contribution in [-0.2, 0) is 11.3 Å². The van der Waals surface area contributed by atoms with Crippen LogP contribution in [-0.4, -0.2) is 35.9 Å². The van der Waals surface area contributed by atoms with Crippen molar-refractivity contribution in [2.45, 2.75) is 52.1 Å². The Bertz CT molecular complexity index is 939. The van der Waals surface area contributed by atoms with Crippen molar-refractivity contribution >= 4 is 11.9 Å². The summed E-state index contributed by atoms with van der Waals surface area (Å²) in [6.07, 6.45) is 3.53. The molecule has 1 aromatic carbocycles. The first kappa shape index (κ1) is 21.4. The number of rotatable bonds is 7. The first-order valence-electron chi connectivity index (χ1n) is 11.2. The monoisotopic (exact) mass is 425 g/mol. The van der Waals surface area contributed by atoms with Crippen LogP contribution < -0.4 is 15.4 Å². The van der Waals surface area contributed by atoms with Crippen LogP contribution in [0.3, 0.4) is 0 Å². The highest BCUT2D eigenvalue weighted by Crippen LogP contribution is 2.41. The SMILES string of the molecule is CC(C)CCCOc1cccc(O)c1-c1cc(C2CCNCC2)c2c(n1)NC(=O)OC2. The number of fused-ring (bicyclic) bond motifs is 1. The van der Waals surface area contributed by atoms with Crippen LogP contribution in [0.2, 0.25) is 0 Å². The number of aromatic nitrogens is 1. The minimum atomic E-state index is -0.504. The number of aromatic hydroxyl groups is 1. The van der Waals surface area contributed by atoms with E-state index in [2.05, 4.69) is 24.5 Å². The number of hydrogen-bond acceptors (Lipinski definition) is 6. The number of nitrogens with zero attached hydrogens (tertiary/aromatic N) is 1. The van der Waals surface area contributed by atoms with E-state index in [1.807, 2.05) is 12.1 Å². The summed E-state index contributed by atoms with van der Waals surface area (Å²) in [5, 5.41) is 16.8. The molecule has 0 unspecified atom stereocenters. The summed E-state index contributed by atoms with van der Waals surface area (Å²) in [7, 11) is 0. The van der Waals surface area contributed by atoms with Crippen molar-refractivity contribution in [2.24, 2.45) is 5.92 Å². The van der Waals surface area contributed by atoms with Gasteiger partial charge in [-0.25, -0.2) is 9.78 Å². The molecular formula is C24H31N3O4. The fraction of sp³-hybridized carbons (Fsp3) is 0.500. The summed E-state index contributed by atoms with van der Waals surface area (Å²) in [6.45, 7) is 7.07. The molecule has 1 fully saturated rings. The van der Waals surface area contributed by atoms with Gasteiger partial charge in [-0.3, -0.25) is 5.32 Å². The van der Waals surface area contributed by atoms with Crippen molar-refractivity contribution in [3.8, 4) is 22.8 Å². The van der Waals surface area contributed by atoms with Gasteiger partial charge in [0.25, 0.3) is 0 Å². The average Bonchev–Trinajstić information content (AvgIpc) is 2.76. The van der Waals surface area contributed by atoms with Crippen LogP contribution in [0.4, 0.5) is 10.6 Å². The molecule has 2 aliphatic rings. The van der Waals surface area contributed by atoms with Crippen LogP contribution in [0.25, 0.3) is 11.3 Å². The second-order valence-corrected chi connectivity index (χ2v) is 8.68. The number of piperidine rings is 1. The van der Waals surface area contributed by atoms with Gasteiger partial charge in [-0.2, -0.15) is 0 Å². The second kappa shape index (κ2) is 9.56. The topological polar surface area (TPSA) is 92.7 Å². The van der Waals surface area contributed by atoms with E-state index in [1.165, 1.54) is 0 Å². The predicted octanol–water partition coefficient (Wildman–Crippen LogP) is 4.80. The van der Waals surface area contributed by atoms with Gasteiger partial charge in [0.05, 0.1) is 17.9 Å². The molecule has 0 spiro atoms. The molecule has 2 aliphatic heterocycles. The number of carbonyl (C=O) groups excluding carboxylic acids is 1. The van der Waals surface area contributed by atoms with Gasteiger partial charge in [0.15, 0.2) is 0 Å². The maximum absolute atomic E-state index is 11.9. The van der Waals surface area contributed by atoms with E-state index in [4.69, 9.17) is 14.5 Å². The maximum Gasteiger partial charge on any atom is 0.413 e. The van der Waals surface area contributed by atoms with Crippen LogP contribution in [0.5, 0.6) is 11.5 Å². The molecule has 166 valence electrons. The lowest BCUT2D eigenvalue weighted by molar-refractivity contribution is 0.150. The number of ether oxygens (including phenoxy) is 2. The molecule has 4 rings (SSSR count). The fourth-order valence-corrected chi connectivity index (χ4v) is 4.31. The number of phenols is 1. The zero-order valence-corrected chi connectivity index (χ0v) is 18.2. The number of amides is 1. The van der Waals surface area contributed by atoms with Crippen molar-refractivity contribution in [1.29, 1.82) is 0 Å². The molecule has 7 nitrogen and oxygen atoms in total. The molecule has 1 aromatic heterocycles. The summed E-state index contributed by atoms with van der Waals surface area (Å²) in [5.74, 6) is 2.19. The third-order valence-corrected chi connectivity index (χ3v) is 5.95. The highest BCUT2D eigenvalue weighted by atomic mass is 16.5. The van der Waals surface area contributed by atoms with E-state index in [1.54, 1.807) is 12.1 Å². The Balaban J connectivity index is 1.72. The Morgan fingerprint density at radius 1 is 1.29 bits per heavy atom. The maximum atomic E-state index is 11.9. The first-order chi connectivity index (χ1) is 15.0. The summed E-state index contributed by atoms with van der Waals surface area (Å²) >= 11 is 0. The first-order valence-corrected chi connectivity index (χ1v) is 11.2. The normalized spacial score (nSPS) is 16.5. The van der Waals surface area contributed by atoms with E-state index in [0.29, 0.717) is 41.3 Å². The van der Waals surface area contributed by atoms with Crippen LogP contribution in [0.1, 0.15) is 56.6 Å². The van der Waals surface area contributed by atoms with E-state index in [-0.39, 0.29) is 12.4 Å². The van der Waals surface area contributed by atoms with Gasteiger partial charge in [0.2, 0.25) is 0 Å². The van der Waals surface area contributed by atoms with Crippen LogP contribution in [0, 0.1) is 5.92 Å². The van der Waals surface area contributed by atoms with Crippen molar-refractivity contribution in [2.75, 3.05) is 25.0 Å². The Kier molecular flexibility index (Phi) is 6.61. The lowest BCUT2D eigenvalue weighted by atomic mass is 9.86. The summed E-state index contributed by atoms with van der Waals surface area (Å²) < 4.78 is 11.3. The molecule has 0 aliphatic carbocycles. The molecule has 1 amide bonds. The van der Waals surface area contributed by atoms with E-state index in [0.717, 1.165) is 49.9 Å². The van der Waals surface area contributed by atoms with Crippen molar-refractivity contribution in [3.63, 3.8) is 0 Å². The zero-order chi connectivity index (χ0) is 21.8. The van der Waals surface area contributed by atoms with Gasteiger partial charge >= 0.3 is 6.09 Å². The van der Waals surface area contributed by atoms with E-state index >= 15 is 0 Å². The number of nitrogens with one attached hydrogen (secondary N) is 2. The lowest BCUT2D eigenvalue weighted by Gasteiger charge is -2.28. The van der Waals surface area contributed by atoms with Crippen molar-refractivity contribution < 1.29 is 19.4 Å². The van der Waals surface area contributed by atoms with Gasteiger partial charge in [-0.15, -0.1) is 0 Å². The standard InChI is InChI=1S/C24H31N3O4/c1-15(2)5-4-12-30-21-7-3-6-20(28)22(21)19-13-17(16-8-10-25-11-9-16)18-14-31-24(29)27-23(18)26-19/h3,6-7,13,15-16,25,28H,4-5,8-12,14H2,1-2H3,(H,26,27,29). The molecule has 1 saturated heterocycles. The summed E-state index contributed by atoms with van der Waals surface area (Å²) in [5.41, 5.74) is 3.21. The van der Waals surface area contributed by atoms with Crippen LogP contribution >= 0.6 is 0 Å². The minimum absolute atomic E-state index is 0.114. The number of benzene rings is 1. The number of phenolic OH excluding ortho intramolecular Hbond substituents is 1. The fourth-order valence-electron chi connectivity index (χ4n) is 4.31. The third-order valence-electron chi connectivity index (χ3n) is 5.95. The quantitative estimate of drug-likeness (QED) is 0.552. The minimum Gasteiger partial charge on any atom is -0.507 e. The molecule has 3 N–H and O–H groups in total. The molecule has 7 heteroatoms. The average molecular weight is 426 g/mol. The number of cyclic esters (lactones) is 1. The Morgan fingerprint density at radius 2 is 2.10 bits per heavy atom. The van der Waals surface area contributed by atoms with E-state index in [9.17, 15) is 9.90 Å². The molecule has 0 radical (unpaired) electrons. The molecular weight excluding hydrogens is 394 g/mol. The number of carbonyl (C=O) groups is 1. The van der Waals surface area contributed by atoms with Gasteiger partial charge in [0, 0.05) is 5.56 Å². The van der Waals surface area contributed by atoms with Gasteiger partial charge < -0.3 is 19.9 Å². The predicted molar refractivity (Wildman–Crippen MR) is 120 cm³/mol. The molecule has 31 heavy (non-hydrogen) atoms. The number of anilines is 1. The van der Waals surface area contributed by atoms with Crippen LogP contribution in [0.15, 0.2) is 24.3 Å². The smallest absolute Gasteiger partial charge is 0.413 e. The van der Waals surface area contributed by atoms with Gasteiger partial charge in [0.1, 0.15) is 23.9 Å². The Hall–Kier alpha value is -2.80. The number of hydrogen-bond donors (Lipinski definition) is 3. The largest absolute Gasteiger partial charge is 0.507 e. The lowest BCUT2D eigenvalue weighted by Crippen LogP contribution is -2.29. The van der Waals surface area contributed by atoms with E-state index < -0.39 is 6.09 Å². The molecule has 0 saturated carbocycles. The van der Waals surface area contributed by atoms with Crippen molar-refractivity contribution in [3.05, 3.63) is 35.4 Å². The molecule has 0 bridgehead atoms. The highest BCUT2D eigenvalue weighted by Gasteiger charge is 2.28. The summed E-state index contributed by atoms with van der Waals surface area (Å²) in [4.78, 5) is 16.6. The molecule has 2 aromatic rings. The van der Waals surface area contributed by atoms with Gasteiger partial charge in [-0.05, 0) is 74.4 Å². The molecule has 0 atom stereocenters. The van der Waals surface area contributed by atoms with Gasteiger partial charge in [-0.1, -0.05) is 19.9 Å². The number of pyridine rings is 1. The Morgan fingerprint density at radius 3 is 2.87 bits per heavy atom. The van der Waals surface area contributed by atoms with Crippen molar-refractivity contribution in [1.82, 2.24) is 10.3 Å². The Labute approximate surface area is 183 Å². The zero-order valence-electron chi connectivity index (χ0n) is 18.2. The third kappa shape index (κ3) is 4.93. The highest BCUT2D eigenvalue weighted by molar-refractivity contribution is 5.88. The summed E-state index contributed by atoms with van der Waals surface area (Å²) in [6, 6.07) is 7.31. The molecule has 3 heterocycles. The second-order valence-electron chi connectivity index (χ2n) is 8.68.